The number of allylic oxidation sites excluding steroid dienone is 1. The van der Waals surface area contributed by atoms with Crippen LogP contribution in [0.1, 0.15) is 54.1 Å². The standard InChI is InChI=1S/C27H24O8S/c1-15-9-6-11-19(26(29)30)18(15)10-7-12-20-24(28)17(3)21-14-34-27(31)23(21)25(20)35-36(32,33)22-13-5-4-8-16(22)2/h4-11,13,28H,12,14H2,1-3H3,(H,29,30)/b10-7+. The van der Waals surface area contributed by atoms with Crippen LogP contribution in [0.3, 0.4) is 0 Å². The van der Waals surface area contributed by atoms with Crippen LogP contribution < -0.4 is 4.18 Å². The molecule has 1 aliphatic rings. The molecule has 0 saturated carbocycles. The summed E-state index contributed by atoms with van der Waals surface area (Å²) in [7, 11) is -4.36. The van der Waals surface area contributed by atoms with Gasteiger partial charge in [0, 0.05) is 11.1 Å². The van der Waals surface area contributed by atoms with E-state index in [1.54, 1.807) is 63.3 Å². The first-order valence-electron chi connectivity index (χ1n) is 11.1. The molecule has 0 atom stereocenters. The number of aromatic hydroxyl groups is 1. The monoisotopic (exact) mass is 508 g/mol. The molecule has 0 fully saturated rings. The summed E-state index contributed by atoms with van der Waals surface area (Å²) in [5, 5.41) is 20.5. The van der Waals surface area contributed by atoms with Crippen LogP contribution in [0.15, 0.2) is 53.4 Å². The fourth-order valence-corrected chi connectivity index (χ4v) is 5.42. The predicted octanol–water partition coefficient (Wildman–Crippen LogP) is 4.71. The maximum Gasteiger partial charge on any atom is 0.342 e. The molecule has 0 amide bonds. The van der Waals surface area contributed by atoms with E-state index in [2.05, 4.69) is 0 Å². The van der Waals surface area contributed by atoms with Gasteiger partial charge in [-0.05, 0) is 61.6 Å². The lowest BCUT2D eigenvalue weighted by atomic mass is 9.95. The maximum atomic E-state index is 13.2. The second kappa shape index (κ2) is 9.50. The predicted molar refractivity (Wildman–Crippen MR) is 132 cm³/mol. The first-order valence-corrected chi connectivity index (χ1v) is 12.5. The molecule has 4 rings (SSSR count). The number of hydrogen-bond donors (Lipinski definition) is 2. The minimum atomic E-state index is -4.36. The molecule has 186 valence electrons. The Labute approximate surface area is 208 Å². The fraction of sp³-hybridized carbons (Fsp3) is 0.185. The Hall–Kier alpha value is -4.11. The largest absolute Gasteiger partial charge is 0.507 e. The van der Waals surface area contributed by atoms with E-state index in [0.717, 1.165) is 5.56 Å². The Balaban J connectivity index is 1.83. The number of carboxylic acid groups (broad SMARTS) is 1. The highest BCUT2D eigenvalue weighted by Crippen LogP contribution is 2.43. The van der Waals surface area contributed by atoms with Crippen LogP contribution in [0, 0.1) is 20.8 Å². The second-order valence-electron chi connectivity index (χ2n) is 8.46. The number of rotatable bonds is 7. The Morgan fingerprint density at radius 1 is 1.08 bits per heavy atom. The van der Waals surface area contributed by atoms with Gasteiger partial charge in [0.15, 0.2) is 5.75 Å². The molecule has 3 aromatic rings. The van der Waals surface area contributed by atoms with Crippen molar-refractivity contribution in [1.29, 1.82) is 0 Å². The summed E-state index contributed by atoms with van der Waals surface area (Å²) in [6, 6.07) is 11.1. The van der Waals surface area contributed by atoms with Crippen LogP contribution in [0.25, 0.3) is 6.08 Å². The molecule has 0 unspecified atom stereocenters. The van der Waals surface area contributed by atoms with Crippen molar-refractivity contribution in [2.45, 2.75) is 38.7 Å². The van der Waals surface area contributed by atoms with E-state index in [9.17, 15) is 28.2 Å². The van der Waals surface area contributed by atoms with Crippen LogP contribution >= 0.6 is 0 Å². The number of phenolic OH excluding ortho intramolecular Hbond substituents is 1. The Morgan fingerprint density at radius 2 is 1.78 bits per heavy atom. The minimum absolute atomic E-state index is 0.0424. The number of carbonyl (C=O) groups excluding carboxylic acids is 1. The van der Waals surface area contributed by atoms with Crippen LogP contribution in [0.4, 0.5) is 0 Å². The van der Waals surface area contributed by atoms with Gasteiger partial charge in [-0.3, -0.25) is 0 Å². The molecule has 0 bridgehead atoms. The number of carbonyl (C=O) groups is 2. The molecule has 36 heavy (non-hydrogen) atoms. The Kier molecular flexibility index (Phi) is 6.60. The smallest absolute Gasteiger partial charge is 0.342 e. The van der Waals surface area contributed by atoms with Gasteiger partial charge in [0.2, 0.25) is 0 Å². The summed E-state index contributed by atoms with van der Waals surface area (Å²) in [6.07, 6.45) is 3.13. The van der Waals surface area contributed by atoms with E-state index in [4.69, 9.17) is 8.92 Å². The van der Waals surface area contributed by atoms with E-state index in [1.807, 2.05) is 0 Å². The molecule has 3 aromatic carbocycles. The van der Waals surface area contributed by atoms with Gasteiger partial charge in [-0.25, -0.2) is 9.59 Å². The topological polar surface area (TPSA) is 127 Å². The molecule has 1 aliphatic heterocycles. The summed E-state index contributed by atoms with van der Waals surface area (Å²) < 4.78 is 37.0. The van der Waals surface area contributed by atoms with Gasteiger partial charge in [-0.1, -0.05) is 42.5 Å². The average molecular weight is 509 g/mol. The SMILES string of the molecule is Cc1ccccc1S(=O)(=O)Oc1c(C/C=C/c2c(C)cccc2C(=O)O)c(O)c(C)c2c1C(=O)OC2. The highest BCUT2D eigenvalue weighted by molar-refractivity contribution is 7.87. The van der Waals surface area contributed by atoms with Crippen LogP contribution in [0.2, 0.25) is 0 Å². The van der Waals surface area contributed by atoms with Gasteiger partial charge < -0.3 is 19.1 Å². The van der Waals surface area contributed by atoms with Crippen molar-refractivity contribution < 1.29 is 37.1 Å². The molecule has 9 heteroatoms. The third-order valence-corrected chi connectivity index (χ3v) is 7.55. The Bertz CT molecular complexity index is 1530. The number of carboxylic acids is 1. The molecule has 2 N–H and O–H groups in total. The zero-order valence-electron chi connectivity index (χ0n) is 19.9. The van der Waals surface area contributed by atoms with Crippen molar-refractivity contribution >= 4 is 28.1 Å². The number of hydrogen-bond acceptors (Lipinski definition) is 7. The average Bonchev–Trinajstić information content (AvgIpc) is 3.21. The molecule has 0 aromatic heterocycles. The second-order valence-corrected chi connectivity index (χ2v) is 9.98. The molecule has 0 saturated heterocycles. The van der Waals surface area contributed by atoms with E-state index < -0.39 is 22.1 Å². The molecule has 1 heterocycles. The lowest BCUT2D eigenvalue weighted by molar-refractivity contribution is 0.0533. The van der Waals surface area contributed by atoms with E-state index >= 15 is 0 Å². The third kappa shape index (κ3) is 4.45. The van der Waals surface area contributed by atoms with Crippen LogP contribution in [-0.2, 0) is 27.9 Å². The zero-order chi connectivity index (χ0) is 26.2. The number of fused-ring (bicyclic) bond motifs is 1. The maximum absolute atomic E-state index is 13.2. The number of aryl methyl sites for hydroxylation is 2. The lowest BCUT2D eigenvalue weighted by Crippen LogP contribution is -2.15. The van der Waals surface area contributed by atoms with Crippen molar-refractivity contribution in [3.63, 3.8) is 0 Å². The van der Waals surface area contributed by atoms with Gasteiger partial charge in [0.25, 0.3) is 0 Å². The summed E-state index contributed by atoms with van der Waals surface area (Å²) in [5.41, 5.74) is 2.50. The van der Waals surface area contributed by atoms with Crippen LogP contribution in [0.5, 0.6) is 11.5 Å². The van der Waals surface area contributed by atoms with Gasteiger partial charge in [-0.2, -0.15) is 8.42 Å². The highest BCUT2D eigenvalue weighted by atomic mass is 32.2. The number of esters is 1. The number of cyclic esters (lactones) is 1. The first kappa shape index (κ1) is 25.0. The summed E-state index contributed by atoms with van der Waals surface area (Å²) >= 11 is 0. The van der Waals surface area contributed by atoms with E-state index in [-0.39, 0.29) is 46.1 Å². The van der Waals surface area contributed by atoms with Crippen molar-refractivity contribution in [3.8, 4) is 11.5 Å². The molecular weight excluding hydrogens is 484 g/mol. The van der Waals surface area contributed by atoms with Gasteiger partial charge in [0.05, 0.1) is 5.56 Å². The van der Waals surface area contributed by atoms with Gasteiger partial charge >= 0.3 is 22.1 Å². The third-order valence-electron chi connectivity index (χ3n) is 6.17. The highest BCUT2D eigenvalue weighted by Gasteiger charge is 2.35. The zero-order valence-corrected chi connectivity index (χ0v) is 20.7. The quantitative estimate of drug-likeness (QED) is 0.347. The number of aromatic carboxylic acids is 1. The minimum Gasteiger partial charge on any atom is -0.507 e. The molecule has 0 aliphatic carbocycles. The lowest BCUT2D eigenvalue weighted by Gasteiger charge is -2.17. The number of benzene rings is 3. The van der Waals surface area contributed by atoms with E-state index in [0.29, 0.717) is 22.3 Å². The van der Waals surface area contributed by atoms with Crippen molar-refractivity contribution in [1.82, 2.24) is 0 Å². The Morgan fingerprint density at radius 3 is 2.47 bits per heavy atom. The molecule has 8 nitrogen and oxygen atoms in total. The van der Waals surface area contributed by atoms with Crippen molar-refractivity contribution in [3.05, 3.63) is 93.0 Å². The summed E-state index contributed by atoms with van der Waals surface area (Å²) in [6.45, 7) is 4.87. The van der Waals surface area contributed by atoms with Gasteiger partial charge in [-0.15, -0.1) is 0 Å². The summed E-state index contributed by atoms with van der Waals surface area (Å²) in [4.78, 5) is 24.1. The van der Waals surface area contributed by atoms with Gasteiger partial charge in [0.1, 0.15) is 22.8 Å². The normalized spacial score (nSPS) is 13.0. The van der Waals surface area contributed by atoms with E-state index in [1.165, 1.54) is 12.1 Å². The number of ether oxygens (including phenoxy) is 1. The summed E-state index contributed by atoms with van der Waals surface area (Å²) in [5.74, 6) is -2.37. The van der Waals surface area contributed by atoms with Crippen LogP contribution in [-0.4, -0.2) is 30.6 Å². The first-order chi connectivity index (χ1) is 17.0. The fourth-order valence-electron chi connectivity index (χ4n) is 4.21. The van der Waals surface area contributed by atoms with Crippen molar-refractivity contribution in [2.75, 3.05) is 0 Å². The molecule has 0 spiro atoms. The molecule has 0 radical (unpaired) electrons. The molecular formula is C27H24O8S. The van der Waals surface area contributed by atoms with Crippen molar-refractivity contribution in [2.24, 2.45) is 0 Å². The number of phenols is 1.